The van der Waals surface area contributed by atoms with Gasteiger partial charge >= 0.3 is 5.69 Å². The number of aromatic nitrogens is 2. The topological polar surface area (TPSA) is 54.9 Å². The molecule has 0 amide bonds. The Morgan fingerprint density at radius 3 is 2.67 bits per heavy atom. The molecular formula is C13H13FN2O2. The second-order valence-electron chi connectivity index (χ2n) is 4.71. The van der Waals surface area contributed by atoms with Crippen molar-refractivity contribution in [3.8, 4) is 0 Å². The summed E-state index contributed by atoms with van der Waals surface area (Å²) in [7, 11) is 0. The molecule has 1 aromatic heterocycles. The molecule has 1 aliphatic carbocycles. The molecular weight excluding hydrogens is 235 g/mol. The molecule has 0 atom stereocenters. The van der Waals surface area contributed by atoms with Crippen LogP contribution in [0.5, 0.6) is 0 Å². The first-order chi connectivity index (χ1) is 8.68. The zero-order valence-corrected chi connectivity index (χ0v) is 9.78. The number of nitrogens with one attached hydrogen (secondary N) is 1. The summed E-state index contributed by atoms with van der Waals surface area (Å²) in [5.41, 5.74) is -0.897. The molecule has 0 spiro atoms. The highest BCUT2D eigenvalue weighted by Gasteiger charge is 2.21. The lowest BCUT2D eigenvalue weighted by Gasteiger charge is -2.12. The fraction of sp³-hybridized carbons (Fsp3) is 0.385. The van der Waals surface area contributed by atoms with E-state index in [1.54, 1.807) is 6.07 Å². The number of hydrogen-bond donors (Lipinski definition) is 1. The average molecular weight is 248 g/mol. The Morgan fingerprint density at radius 1 is 1.22 bits per heavy atom. The molecule has 1 aliphatic rings. The molecule has 1 saturated carbocycles. The lowest BCUT2D eigenvalue weighted by molar-refractivity contribution is 0.482. The third-order valence-corrected chi connectivity index (χ3v) is 3.60. The van der Waals surface area contributed by atoms with Crippen molar-refractivity contribution >= 4 is 10.9 Å². The number of benzene rings is 1. The minimum Gasteiger partial charge on any atom is -0.304 e. The van der Waals surface area contributed by atoms with E-state index in [1.165, 1.54) is 16.7 Å². The van der Waals surface area contributed by atoms with Crippen LogP contribution in [0.4, 0.5) is 4.39 Å². The number of fused-ring (bicyclic) bond motifs is 1. The van der Waals surface area contributed by atoms with Gasteiger partial charge in [-0.2, -0.15) is 0 Å². The summed E-state index contributed by atoms with van der Waals surface area (Å²) in [6.07, 6.45) is 3.73. The van der Waals surface area contributed by atoms with Crippen LogP contribution in [0.25, 0.3) is 10.9 Å². The zero-order valence-electron chi connectivity index (χ0n) is 9.78. The SMILES string of the molecule is O=c1[nH]c2c(F)cccc2c(=O)n1C1CCCC1. The van der Waals surface area contributed by atoms with Crippen LogP contribution in [-0.2, 0) is 0 Å². The standard InChI is InChI=1S/C13H13FN2O2/c14-10-7-3-6-9-11(10)15-13(18)16(12(9)17)8-4-1-2-5-8/h3,6-8H,1-2,4-5H2,(H,15,18). The summed E-state index contributed by atoms with van der Waals surface area (Å²) in [4.78, 5) is 26.7. The summed E-state index contributed by atoms with van der Waals surface area (Å²) in [6, 6.07) is 4.21. The Hall–Kier alpha value is -1.91. The number of para-hydroxylation sites is 1. The summed E-state index contributed by atoms with van der Waals surface area (Å²) >= 11 is 0. The number of nitrogens with zero attached hydrogens (tertiary/aromatic N) is 1. The van der Waals surface area contributed by atoms with Crippen LogP contribution in [-0.4, -0.2) is 9.55 Å². The molecule has 2 aromatic rings. The predicted octanol–water partition coefficient (Wildman–Crippen LogP) is 1.94. The lowest BCUT2D eigenvalue weighted by atomic mass is 10.2. The van der Waals surface area contributed by atoms with Gasteiger partial charge in [0.2, 0.25) is 0 Å². The smallest absolute Gasteiger partial charge is 0.304 e. The van der Waals surface area contributed by atoms with Crippen LogP contribution in [0.2, 0.25) is 0 Å². The minimum absolute atomic E-state index is 0.00162. The van der Waals surface area contributed by atoms with Crippen LogP contribution in [0, 0.1) is 5.82 Å². The van der Waals surface area contributed by atoms with Gasteiger partial charge in [-0.3, -0.25) is 9.36 Å². The van der Waals surface area contributed by atoms with E-state index in [0.717, 1.165) is 25.7 Å². The van der Waals surface area contributed by atoms with Crippen molar-refractivity contribution in [2.75, 3.05) is 0 Å². The second-order valence-corrected chi connectivity index (χ2v) is 4.71. The Bertz CT molecular complexity index is 711. The van der Waals surface area contributed by atoms with Gasteiger partial charge in [0.25, 0.3) is 5.56 Å². The van der Waals surface area contributed by atoms with Gasteiger partial charge in [-0.1, -0.05) is 18.9 Å². The largest absolute Gasteiger partial charge is 0.329 e. The van der Waals surface area contributed by atoms with Crippen LogP contribution >= 0.6 is 0 Å². The summed E-state index contributed by atoms with van der Waals surface area (Å²) in [5, 5.41) is 0.237. The second kappa shape index (κ2) is 4.08. The van der Waals surface area contributed by atoms with Crippen molar-refractivity contribution in [2.24, 2.45) is 0 Å². The molecule has 1 heterocycles. The Morgan fingerprint density at radius 2 is 1.94 bits per heavy atom. The number of H-pyrrole nitrogens is 1. The molecule has 18 heavy (non-hydrogen) atoms. The van der Waals surface area contributed by atoms with E-state index in [9.17, 15) is 14.0 Å². The van der Waals surface area contributed by atoms with Gasteiger partial charge in [0.15, 0.2) is 0 Å². The van der Waals surface area contributed by atoms with Crippen molar-refractivity contribution in [2.45, 2.75) is 31.7 Å². The van der Waals surface area contributed by atoms with Crippen molar-refractivity contribution in [1.82, 2.24) is 9.55 Å². The monoisotopic (exact) mass is 248 g/mol. The Kier molecular flexibility index (Phi) is 2.54. The lowest BCUT2D eigenvalue weighted by Crippen LogP contribution is -2.37. The average Bonchev–Trinajstić information content (AvgIpc) is 2.84. The normalized spacial score (nSPS) is 16.5. The molecule has 5 heteroatoms. The maximum atomic E-state index is 13.5. The number of rotatable bonds is 1. The molecule has 0 bridgehead atoms. The Labute approximate surface area is 102 Å². The number of aromatic amines is 1. The van der Waals surface area contributed by atoms with Gasteiger partial charge in [0.1, 0.15) is 5.82 Å². The van der Waals surface area contributed by atoms with E-state index in [4.69, 9.17) is 0 Å². The van der Waals surface area contributed by atoms with Crippen LogP contribution in [0.15, 0.2) is 27.8 Å². The molecule has 1 N–H and O–H groups in total. The molecule has 1 fully saturated rings. The first-order valence-corrected chi connectivity index (χ1v) is 6.11. The molecule has 0 radical (unpaired) electrons. The van der Waals surface area contributed by atoms with Gasteiger partial charge in [-0.25, -0.2) is 9.18 Å². The predicted molar refractivity (Wildman–Crippen MR) is 66.3 cm³/mol. The maximum absolute atomic E-state index is 13.5. The highest BCUT2D eigenvalue weighted by molar-refractivity contribution is 5.77. The van der Waals surface area contributed by atoms with Crippen LogP contribution in [0.1, 0.15) is 31.7 Å². The van der Waals surface area contributed by atoms with Gasteiger partial charge in [0, 0.05) is 6.04 Å². The van der Waals surface area contributed by atoms with E-state index < -0.39 is 11.5 Å². The zero-order chi connectivity index (χ0) is 12.7. The molecule has 0 aliphatic heterocycles. The quantitative estimate of drug-likeness (QED) is 0.838. The maximum Gasteiger partial charge on any atom is 0.329 e. The molecule has 94 valence electrons. The third kappa shape index (κ3) is 1.58. The van der Waals surface area contributed by atoms with E-state index >= 15 is 0 Å². The van der Waals surface area contributed by atoms with Crippen molar-refractivity contribution < 1.29 is 4.39 Å². The van der Waals surface area contributed by atoms with Gasteiger partial charge in [0.05, 0.1) is 10.9 Å². The fourth-order valence-electron chi connectivity index (χ4n) is 2.71. The van der Waals surface area contributed by atoms with Crippen molar-refractivity contribution in [1.29, 1.82) is 0 Å². The molecule has 0 unspecified atom stereocenters. The molecule has 4 nitrogen and oxygen atoms in total. The van der Waals surface area contributed by atoms with E-state index in [1.807, 2.05) is 0 Å². The third-order valence-electron chi connectivity index (χ3n) is 3.60. The first kappa shape index (κ1) is 11.2. The van der Waals surface area contributed by atoms with Crippen molar-refractivity contribution in [3.63, 3.8) is 0 Å². The highest BCUT2D eigenvalue weighted by Crippen LogP contribution is 2.27. The molecule has 0 saturated heterocycles. The summed E-state index contributed by atoms with van der Waals surface area (Å²) in [6.45, 7) is 0. The van der Waals surface area contributed by atoms with E-state index in [-0.39, 0.29) is 22.5 Å². The van der Waals surface area contributed by atoms with Gasteiger partial charge in [-0.05, 0) is 25.0 Å². The highest BCUT2D eigenvalue weighted by atomic mass is 19.1. The summed E-state index contributed by atoms with van der Waals surface area (Å²) < 4.78 is 14.8. The number of hydrogen-bond acceptors (Lipinski definition) is 2. The fourth-order valence-corrected chi connectivity index (χ4v) is 2.71. The van der Waals surface area contributed by atoms with Gasteiger partial charge in [-0.15, -0.1) is 0 Å². The number of halogens is 1. The minimum atomic E-state index is -0.569. The summed E-state index contributed by atoms with van der Waals surface area (Å²) in [5.74, 6) is -0.569. The molecule has 3 rings (SSSR count). The van der Waals surface area contributed by atoms with E-state index in [2.05, 4.69) is 4.98 Å². The van der Waals surface area contributed by atoms with Crippen molar-refractivity contribution in [3.05, 3.63) is 44.9 Å². The van der Waals surface area contributed by atoms with Crippen LogP contribution in [0.3, 0.4) is 0 Å². The molecule has 1 aromatic carbocycles. The van der Waals surface area contributed by atoms with Crippen LogP contribution < -0.4 is 11.2 Å². The Balaban J connectivity index is 2.34. The first-order valence-electron chi connectivity index (χ1n) is 6.11. The van der Waals surface area contributed by atoms with Gasteiger partial charge < -0.3 is 4.98 Å². The van der Waals surface area contributed by atoms with E-state index in [0.29, 0.717) is 0 Å².